The second-order valence-electron chi connectivity index (χ2n) is 4.28. The summed E-state index contributed by atoms with van der Waals surface area (Å²) in [7, 11) is 1.53. The van der Waals surface area contributed by atoms with Crippen LogP contribution in [0, 0.1) is 0 Å². The van der Waals surface area contributed by atoms with Crippen LogP contribution in [0.2, 0.25) is 0 Å². The molecular formula is C16H15NO4. The molecule has 2 aromatic carbocycles. The van der Waals surface area contributed by atoms with E-state index in [0.29, 0.717) is 22.7 Å². The largest absolute Gasteiger partial charge is 0.495 e. The van der Waals surface area contributed by atoms with Crippen LogP contribution in [0.25, 0.3) is 0 Å². The lowest BCUT2D eigenvalue weighted by Gasteiger charge is -2.10. The predicted octanol–water partition coefficient (Wildman–Crippen LogP) is 2.87. The van der Waals surface area contributed by atoms with E-state index < -0.39 is 5.97 Å². The summed E-state index contributed by atoms with van der Waals surface area (Å²) in [5.41, 5.74) is 0.961. The normalized spacial score (nSPS) is 9.81. The first-order valence-corrected chi connectivity index (χ1v) is 6.33. The third kappa shape index (κ3) is 3.82. The van der Waals surface area contributed by atoms with Crippen LogP contribution in [0.5, 0.6) is 11.5 Å². The highest BCUT2D eigenvalue weighted by atomic mass is 16.5. The minimum Gasteiger partial charge on any atom is -0.495 e. The summed E-state index contributed by atoms with van der Waals surface area (Å²) >= 11 is 0. The molecule has 1 amide bonds. The number of carbonyl (C=O) groups excluding carboxylic acids is 2. The molecule has 0 atom stereocenters. The van der Waals surface area contributed by atoms with Gasteiger partial charge < -0.3 is 14.8 Å². The molecule has 0 aliphatic carbocycles. The number of benzene rings is 2. The smallest absolute Gasteiger partial charge is 0.308 e. The van der Waals surface area contributed by atoms with Crippen molar-refractivity contribution >= 4 is 17.6 Å². The molecule has 21 heavy (non-hydrogen) atoms. The van der Waals surface area contributed by atoms with Crippen molar-refractivity contribution in [2.75, 3.05) is 12.4 Å². The van der Waals surface area contributed by atoms with E-state index in [1.807, 2.05) is 6.07 Å². The lowest BCUT2D eigenvalue weighted by Crippen LogP contribution is -2.13. The Labute approximate surface area is 122 Å². The molecule has 5 heteroatoms. The minimum atomic E-state index is -0.433. The van der Waals surface area contributed by atoms with E-state index in [1.165, 1.54) is 20.1 Å². The van der Waals surface area contributed by atoms with Crippen LogP contribution in [0.1, 0.15) is 17.3 Å². The van der Waals surface area contributed by atoms with Crippen LogP contribution >= 0.6 is 0 Å². The fraction of sp³-hybridized carbons (Fsp3) is 0.125. The van der Waals surface area contributed by atoms with Crippen LogP contribution in [-0.2, 0) is 4.79 Å². The molecule has 0 bridgehead atoms. The number of esters is 1. The Kier molecular flexibility index (Phi) is 4.56. The van der Waals surface area contributed by atoms with Crippen molar-refractivity contribution in [3.8, 4) is 11.5 Å². The molecule has 0 aliphatic rings. The van der Waals surface area contributed by atoms with Gasteiger partial charge in [-0.3, -0.25) is 9.59 Å². The lowest BCUT2D eigenvalue weighted by molar-refractivity contribution is -0.131. The molecule has 108 valence electrons. The maximum absolute atomic E-state index is 12.2. The number of rotatable bonds is 4. The van der Waals surface area contributed by atoms with E-state index in [0.717, 1.165) is 0 Å². The molecule has 1 N–H and O–H groups in total. The Bertz CT molecular complexity index is 667. The Morgan fingerprint density at radius 3 is 2.52 bits per heavy atom. The SMILES string of the molecule is COc1ccccc1NC(=O)c1cccc(OC(C)=O)c1. The van der Waals surface area contributed by atoms with Crippen molar-refractivity contribution in [1.29, 1.82) is 0 Å². The number of hydrogen-bond acceptors (Lipinski definition) is 4. The quantitative estimate of drug-likeness (QED) is 0.693. The van der Waals surface area contributed by atoms with Gasteiger partial charge in [-0.1, -0.05) is 18.2 Å². The van der Waals surface area contributed by atoms with Gasteiger partial charge in [0.2, 0.25) is 0 Å². The highest BCUT2D eigenvalue weighted by molar-refractivity contribution is 6.05. The molecule has 5 nitrogen and oxygen atoms in total. The number of ether oxygens (including phenoxy) is 2. The fourth-order valence-corrected chi connectivity index (χ4v) is 1.81. The highest BCUT2D eigenvalue weighted by Gasteiger charge is 2.10. The summed E-state index contributed by atoms with van der Waals surface area (Å²) in [4.78, 5) is 23.1. The van der Waals surface area contributed by atoms with Crippen LogP contribution in [0.15, 0.2) is 48.5 Å². The highest BCUT2D eigenvalue weighted by Crippen LogP contribution is 2.24. The van der Waals surface area contributed by atoms with Crippen molar-refractivity contribution in [2.24, 2.45) is 0 Å². The second kappa shape index (κ2) is 6.56. The summed E-state index contributed by atoms with van der Waals surface area (Å²) < 4.78 is 10.1. The summed E-state index contributed by atoms with van der Waals surface area (Å²) in [6, 6.07) is 13.5. The number of para-hydroxylation sites is 2. The predicted molar refractivity (Wildman–Crippen MR) is 78.7 cm³/mol. The summed E-state index contributed by atoms with van der Waals surface area (Å²) in [5, 5.41) is 2.75. The number of hydrogen-bond donors (Lipinski definition) is 1. The van der Waals surface area contributed by atoms with Gasteiger partial charge in [-0.2, -0.15) is 0 Å². The maximum atomic E-state index is 12.2. The Morgan fingerprint density at radius 1 is 1.05 bits per heavy atom. The molecule has 0 heterocycles. The fourth-order valence-electron chi connectivity index (χ4n) is 1.81. The van der Waals surface area contributed by atoms with Gasteiger partial charge in [0, 0.05) is 12.5 Å². The van der Waals surface area contributed by atoms with Crippen molar-refractivity contribution in [1.82, 2.24) is 0 Å². The molecule has 2 aromatic rings. The van der Waals surface area contributed by atoms with Crippen molar-refractivity contribution in [3.05, 3.63) is 54.1 Å². The molecule has 0 spiro atoms. The average Bonchev–Trinajstić information content (AvgIpc) is 2.47. The molecule has 0 aromatic heterocycles. The van der Waals surface area contributed by atoms with Gasteiger partial charge in [0.05, 0.1) is 12.8 Å². The van der Waals surface area contributed by atoms with E-state index in [-0.39, 0.29) is 5.91 Å². The molecule has 0 saturated heterocycles. The van der Waals surface area contributed by atoms with E-state index >= 15 is 0 Å². The number of anilines is 1. The zero-order chi connectivity index (χ0) is 15.2. The molecule has 0 saturated carbocycles. The van der Waals surface area contributed by atoms with E-state index in [9.17, 15) is 9.59 Å². The topological polar surface area (TPSA) is 64.6 Å². The minimum absolute atomic E-state index is 0.312. The zero-order valence-electron chi connectivity index (χ0n) is 11.8. The number of carbonyl (C=O) groups is 2. The summed E-state index contributed by atoms with van der Waals surface area (Å²) in [6.07, 6.45) is 0. The van der Waals surface area contributed by atoms with Crippen molar-refractivity contribution in [2.45, 2.75) is 6.92 Å². The number of methoxy groups -OCH3 is 1. The van der Waals surface area contributed by atoms with E-state index in [1.54, 1.807) is 36.4 Å². The monoisotopic (exact) mass is 285 g/mol. The third-order valence-electron chi connectivity index (χ3n) is 2.71. The van der Waals surface area contributed by atoms with Crippen LogP contribution in [0.4, 0.5) is 5.69 Å². The first-order chi connectivity index (χ1) is 10.1. The maximum Gasteiger partial charge on any atom is 0.308 e. The van der Waals surface area contributed by atoms with Crippen molar-refractivity contribution < 1.29 is 19.1 Å². The van der Waals surface area contributed by atoms with Gasteiger partial charge >= 0.3 is 5.97 Å². The van der Waals surface area contributed by atoms with Crippen LogP contribution < -0.4 is 14.8 Å². The molecule has 0 fully saturated rings. The van der Waals surface area contributed by atoms with Gasteiger partial charge in [0.15, 0.2) is 0 Å². The van der Waals surface area contributed by atoms with Gasteiger partial charge in [-0.25, -0.2) is 0 Å². The van der Waals surface area contributed by atoms with E-state index in [2.05, 4.69) is 5.32 Å². The van der Waals surface area contributed by atoms with Crippen LogP contribution in [0.3, 0.4) is 0 Å². The number of nitrogens with one attached hydrogen (secondary N) is 1. The van der Waals surface area contributed by atoms with Crippen molar-refractivity contribution in [3.63, 3.8) is 0 Å². The molecular weight excluding hydrogens is 270 g/mol. The Morgan fingerprint density at radius 2 is 1.81 bits per heavy atom. The Balaban J connectivity index is 2.18. The lowest BCUT2D eigenvalue weighted by atomic mass is 10.2. The van der Waals surface area contributed by atoms with Gasteiger partial charge in [0.25, 0.3) is 5.91 Å². The first kappa shape index (κ1) is 14.6. The summed E-state index contributed by atoms with van der Waals surface area (Å²) in [6.45, 7) is 1.31. The van der Waals surface area contributed by atoms with Gasteiger partial charge in [-0.15, -0.1) is 0 Å². The average molecular weight is 285 g/mol. The Hall–Kier alpha value is -2.82. The molecule has 0 aliphatic heterocycles. The second-order valence-corrected chi connectivity index (χ2v) is 4.28. The van der Waals surface area contributed by atoms with Crippen LogP contribution in [-0.4, -0.2) is 19.0 Å². The van der Waals surface area contributed by atoms with E-state index in [4.69, 9.17) is 9.47 Å². The summed E-state index contributed by atoms with van der Waals surface area (Å²) in [5.74, 6) is 0.156. The zero-order valence-corrected chi connectivity index (χ0v) is 11.8. The molecule has 0 radical (unpaired) electrons. The van der Waals surface area contributed by atoms with Gasteiger partial charge in [-0.05, 0) is 30.3 Å². The third-order valence-corrected chi connectivity index (χ3v) is 2.71. The first-order valence-electron chi connectivity index (χ1n) is 6.33. The molecule has 0 unspecified atom stereocenters. The van der Waals surface area contributed by atoms with Gasteiger partial charge in [0.1, 0.15) is 11.5 Å². The number of amides is 1. The molecule has 2 rings (SSSR count). The standard InChI is InChI=1S/C16H15NO4/c1-11(18)21-13-7-5-6-12(10-13)16(19)17-14-8-3-4-9-15(14)20-2/h3-10H,1-2H3,(H,17,19).